The quantitative estimate of drug-likeness (QED) is 0.492. The van der Waals surface area contributed by atoms with Crippen molar-refractivity contribution in [1.29, 1.82) is 0 Å². The zero-order valence-corrected chi connectivity index (χ0v) is 7.16. The van der Waals surface area contributed by atoms with Crippen LogP contribution in [0.15, 0.2) is 16.8 Å². The molecule has 6 heteroatoms. The predicted molar refractivity (Wildman–Crippen MR) is 43.9 cm³/mol. The van der Waals surface area contributed by atoms with Gasteiger partial charge < -0.3 is 15.1 Å². The van der Waals surface area contributed by atoms with Crippen LogP contribution in [0.2, 0.25) is 0 Å². The van der Waals surface area contributed by atoms with Crippen molar-refractivity contribution in [3.8, 4) is 0 Å². The van der Waals surface area contributed by atoms with Crippen LogP contribution < -0.4 is 5.32 Å². The molecule has 2 rings (SSSR count). The molecule has 0 aromatic rings. The molecule has 3 N–H and O–H groups in total. The molecule has 0 radical (unpaired) electrons. The van der Waals surface area contributed by atoms with E-state index in [2.05, 4.69) is 10.3 Å². The number of hydrogen-bond donors (Lipinski definition) is 3. The van der Waals surface area contributed by atoms with E-state index in [0.717, 1.165) is 5.57 Å². The number of hydrogen-bond acceptors (Lipinski definition) is 3. The lowest BCUT2D eigenvalue weighted by atomic mass is 10.1. The topological polar surface area (TPSA) is 81.9 Å². The Bertz CT molecular complexity index is 317. The zero-order chi connectivity index (χ0) is 8.77. The minimum Gasteiger partial charge on any atom is -0.320 e. The molecule has 2 aliphatic rings. The minimum absolute atomic E-state index is 0.0162. The molecule has 2 aliphatic heterocycles. The van der Waals surface area contributed by atoms with Crippen LogP contribution in [0.25, 0.3) is 0 Å². The van der Waals surface area contributed by atoms with Crippen molar-refractivity contribution in [2.75, 3.05) is 13.1 Å². The van der Waals surface area contributed by atoms with E-state index in [1.54, 1.807) is 6.20 Å². The van der Waals surface area contributed by atoms with E-state index >= 15 is 0 Å². The summed E-state index contributed by atoms with van der Waals surface area (Å²) in [5.41, 5.74) is 0.996. The van der Waals surface area contributed by atoms with Gasteiger partial charge in [0.25, 0.3) is 0 Å². The largest absolute Gasteiger partial charge is 0.370 e. The van der Waals surface area contributed by atoms with Gasteiger partial charge in [0.15, 0.2) is 0 Å². The third-order valence-electron chi connectivity index (χ3n) is 2.10. The summed E-state index contributed by atoms with van der Waals surface area (Å²) in [7, 11) is -4.13. The molecule has 1 unspecified atom stereocenters. The second-order valence-electron chi connectivity index (χ2n) is 2.92. The first-order valence-electron chi connectivity index (χ1n) is 3.62. The van der Waals surface area contributed by atoms with Crippen LogP contribution in [0.1, 0.15) is 0 Å². The number of rotatable bonds is 1. The number of nitrogens with zero attached hydrogens (tertiary/aromatic N) is 1. The first-order valence-corrected chi connectivity index (χ1v) is 5.24. The maximum atomic E-state index is 10.9. The zero-order valence-electron chi connectivity index (χ0n) is 6.27. The van der Waals surface area contributed by atoms with Gasteiger partial charge in [-0.3, -0.25) is 9.56 Å². The predicted octanol–water partition coefficient (Wildman–Crippen LogP) is -0.321. The molecule has 0 aromatic carbocycles. The highest BCUT2D eigenvalue weighted by Crippen LogP contribution is 2.45. The minimum atomic E-state index is -4.13. The third kappa shape index (κ3) is 1.15. The normalized spacial score (nSPS) is 28.3. The van der Waals surface area contributed by atoms with Gasteiger partial charge in [-0.2, -0.15) is 0 Å². The highest BCUT2D eigenvalue weighted by atomic mass is 31.2. The Morgan fingerprint density at radius 1 is 1.67 bits per heavy atom. The van der Waals surface area contributed by atoms with Crippen molar-refractivity contribution in [1.82, 2.24) is 5.32 Å². The van der Waals surface area contributed by atoms with Crippen molar-refractivity contribution in [2.45, 2.75) is 0 Å². The van der Waals surface area contributed by atoms with Crippen molar-refractivity contribution >= 4 is 13.0 Å². The van der Waals surface area contributed by atoms with Gasteiger partial charge in [0.1, 0.15) is 5.45 Å². The summed E-state index contributed by atoms with van der Waals surface area (Å²) in [5.74, 6) is -0.161. The van der Waals surface area contributed by atoms with Crippen LogP contribution in [-0.2, 0) is 4.57 Å². The summed E-state index contributed by atoms with van der Waals surface area (Å²) in [6, 6.07) is 0. The first-order chi connectivity index (χ1) is 5.59. The van der Waals surface area contributed by atoms with Crippen LogP contribution in [0, 0.1) is 5.92 Å². The summed E-state index contributed by atoms with van der Waals surface area (Å²) >= 11 is 0. The maximum Gasteiger partial charge on any atom is 0.370 e. The van der Waals surface area contributed by atoms with Crippen LogP contribution in [0.3, 0.4) is 0 Å². The highest BCUT2D eigenvalue weighted by molar-refractivity contribution is 7.70. The third-order valence-corrected chi connectivity index (χ3v) is 3.12. The van der Waals surface area contributed by atoms with Crippen molar-refractivity contribution in [3.63, 3.8) is 0 Å². The molecular formula is C6H9N2O3P. The Labute approximate surface area is 69.4 Å². The molecule has 66 valence electrons. The van der Waals surface area contributed by atoms with Gasteiger partial charge in [-0.15, -0.1) is 0 Å². The fourth-order valence-corrected chi connectivity index (χ4v) is 2.40. The summed E-state index contributed by atoms with van der Waals surface area (Å²) in [6.07, 6.45) is 1.55. The molecule has 12 heavy (non-hydrogen) atoms. The van der Waals surface area contributed by atoms with E-state index in [9.17, 15) is 4.57 Å². The average molecular weight is 188 g/mol. The van der Waals surface area contributed by atoms with Gasteiger partial charge in [0.2, 0.25) is 0 Å². The van der Waals surface area contributed by atoms with Crippen LogP contribution in [0.5, 0.6) is 0 Å². The van der Waals surface area contributed by atoms with Crippen molar-refractivity contribution < 1.29 is 14.4 Å². The van der Waals surface area contributed by atoms with Gasteiger partial charge in [-0.25, -0.2) is 0 Å². The molecule has 1 saturated heterocycles. The molecule has 0 spiro atoms. The Morgan fingerprint density at radius 2 is 2.42 bits per heavy atom. The van der Waals surface area contributed by atoms with Gasteiger partial charge in [-0.1, -0.05) is 0 Å². The second kappa shape index (κ2) is 2.50. The highest BCUT2D eigenvalue weighted by Gasteiger charge is 2.38. The van der Waals surface area contributed by atoms with Crippen molar-refractivity contribution in [3.05, 3.63) is 11.8 Å². The van der Waals surface area contributed by atoms with Gasteiger partial charge in [0, 0.05) is 25.2 Å². The number of fused-ring (bicyclic) bond motifs is 1. The summed E-state index contributed by atoms with van der Waals surface area (Å²) < 4.78 is 10.9. The lowest BCUT2D eigenvalue weighted by Crippen LogP contribution is -2.16. The molecule has 0 bridgehead atoms. The lowest BCUT2D eigenvalue weighted by Gasteiger charge is -2.09. The first kappa shape index (κ1) is 8.13. The molecule has 0 aliphatic carbocycles. The van der Waals surface area contributed by atoms with Gasteiger partial charge in [0.05, 0.1) is 0 Å². The van der Waals surface area contributed by atoms with E-state index in [1.165, 1.54) is 0 Å². The number of nitrogens with one attached hydrogen (secondary N) is 1. The summed E-state index contributed by atoms with van der Waals surface area (Å²) in [6.45, 7) is 1.29. The standard InChI is InChI=1S/C6H9N2O3P/c9-12(10,11)6-5-3-7-1-4(5)2-8-6/h2,5,7H,1,3H2,(H2,9,10,11). The SMILES string of the molecule is O=P(O)(O)C1=NC=C2CNCC21. The van der Waals surface area contributed by atoms with Crippen LogP contribution in [-0.4, -0.2) is 28.3 Å². The summed E-state index contributed by atoms with van der Waals surface area (Å²) in [5, 5.41) is 3.03. The Kier molecular flexibility index (Phi) is 1.70. The van der Waals surface area contributed by atoms with E-state index in [1.807, 2.05) is 0 Å². The van der Waals surface area contributed by atoms with Gasteiger partial charge in [-0.05, 0) is 5.57 Å². The van der Waals surface area contributed by atoms with Gasteiger partial charge >= 0.3 is 7.60 Å². The summed E-state index contributed by atoms with van der Waals surface area (Å²) in [4.78, 5) is 21.5. The van der Waals surface area contributed by atoms with E-state index in [4.69, 9.17) is 9.79 Å². The van der Waals surface area contributed by atoms with E-state index in [-0.39, 0.29) is 11.4 Å². The molecule has 1 atom stereocenters. The van der Waals surface area contributed by atoms with Crippen LogP contribution in [0.4, 0.5) is 0 Å². The smallest absolute Gasteiger partial charge is 0.320 e. The Morgan fingerprint density at radius 3 is 3.08 bits per heavy atom. The molecule has 5 nitrogen and oxygen atoms in total. The molecule has 0 saturated carbocycles. The molecule has 1 fully saturated rings. The Balaban J connectivity index is 2.29. The molecule has 0 aromatic heterocycles. The van der Waals surface area contributed by atoms with Crippen LogP contribution >= 0.6 is 7.60 Å². The van der Waals surface area contributed by atoms with Crippen molar-refractivity contribution in [2.24, 2.45) is 10.9 Å². The Hall–Kier alpha value is -0.480. The second-order valence-corrected chi connectivity index (χ2v) is 4.47. The number of aliphatic imine (C=N–C) groups is 1. The molecule has 2 heterocycles. The maximum absolute atomic E-state index is 10.9. The fraction of sp³-hybridized carbons (Fsp3) is 0.500. The monoisotopic (exact) mass is 188 g/mol. The van der Waals surface area contributed by atoms with E-state index < -0.39 is 7.60 Å². The fourth-order valence-electron chi connectivity index (χ4n) is 1.53. The molecular weight excluding hydrogens is 179 g/mol. The lowest BCUT2D eigenvalue weighted by molar-refractivity contribution is 0.389. The average Bonchev–Trinajstić information content (AvgIpc) is 2.37. The molecule has 0 amide bonds. The van der Waals surface area contributed by atoms with E-state index in [0.29, 0.717) is 13.1 Å².